The molecular weight excluding hydrogens is 641 g/mol. The summed E-state index contributed by atoms with van der Waals surface area (Å²) in [5, 5.41) is 3.44. The van der Waals surface area contributed by atoms with Gasteiger partial charge in [0.1, 0.15) is 17.2 Å². The van der Waals surface area contributed by atoms with E-state index in [-0.39, 0.29) is 23.8 Å². The van der Waals surface area contributed by atoms with E-state index in [0.717, 1.165) is 67.9 Å². The summed E-state index contributed by atoms with van der Waals surface area (Å²) >= 11 is 1.80. The van der Waals surface area contributed by atoms with E-state index in [1.807, 2.05) is 18.2 Å². The van der Waals surface area contributed by atoms with Crippen LogP contribution in [0.25, 0.3) is 31.1 Å². The molecule has 4 heterocycles. The molecule has 50 heavy (non-hydrogen) atoms. The van der Waals surface area contributed by atoms with Gasteiger partial charge in [0, 0.05) is 55.4 Å². The monoisotopic (exact) mass is 672 g/mol. The Morgan fingerprint density at radius 2 is 1.42 bits per heavy atom. The first kappa shape index (κ1) is 29.5. The lowest BCUT2D eigenvalue weighted by molar-refractivity contribution is 0.507. The molecule has 2 aliphatic heterocycles. The lowest BCUT2D eigenvalue weighted by atomic mass is 9.33. The summed E-state index contributed by atoms with van der Waals surface area (Å²) in [5.41, 5.74) is 10.9. The van der Waals surface area contributed by atoms with Gasteiger partial charge in [-0.25, -0.2) is 8.78 Å². The highest BCUT2D eigenvalue weighted by molar-refractivity contribution is 7.26. The van der Waals surface area contributed by atoms with Crippen LogP contribution >= 0.6 is 11.3 Å². The van der Waals surface area contributed by atoms with Gasteiger partial charge < -0.3 is 14.2 Å². The Morgan fingerprint density at radius 1 is 0.700 bits per heavy atom. The zero-order valence-corrected chi connectivity index (χ0v) is 28.6. The first-order chi connectivity index (χ1) is 24.3. The maximum absolute atomic E-state index is 15.1. The normalized spacial score (nSPS) is 13.7. The number of anilines is 6. The van der Waals surface area contributed by atoms with Gasteiger partial charge >= 0.3 is 0 Å². The highest BCUT2D eigenvalue weighted by Crippen LogP contribution is 2.49. The van der Waals surface area contributed by atoms with Crippen LogP contribution < -0.4 is 26.2 Å². The number of furan rings is 1. The molecule has 0 saturated carbocycles. The number of thiophene rings is 1. The number of halogens is 2. The van der Waals surface area contributed by atoms with Gasteiger partial charge in [0.15, 0.2) is 0 Å². The molecular formula is C43H31BF2N2OS. The standard InChI is InChI=1S/C43H31BF2N2OS/c1-4-43(2,3)26-14-17-39-32(21-26)31-15-16-33-41(42(31)50-39)48(30-11-6-9-28(46)23-30)36-13-7-12-35-40(36)44(33)34-20-25-18-19-49-38(25)24-37(34)47(35)29-10-5-8-27(45)22-29/h5-24H,4H2,1-3H3. The molecule has 10 rings (SSSR count). The molecule has 0 aliphatic carbocycles. The van der Waals surface area contributed by atoms with Crippen LogP contribution in [0.4, 0.5) is 42.9 Å². The maximum Gasteiger partial charge on any atom is 0.252 e. The Balaban J connectivity index is 1.33. The zero-order valence-electron chi connectivity index (χ0n) is 27.8. The van der Waals surface area contributed by atoms with Crippen LogP contribution in [0.2, 0.25) is 0 Å². The third-order valence-electron chi connectivity index (χ3n) is 11.0. The van der Waals surface area contributed by atoms with E-state index in [1.165, 1.54) is 37.9 Å². The molecule has 0 bridgehead atoms. The average Bonchev–Trinajstić information content (AvgIpc) is 3.74. The molecule has 0 N–H and O–H groups in total. The fraction of sp³-hybridized carbons (Fsp3) is 0.116. The number of hydrogen-bond donors (Lipinski definition) is 0. The number of fused-ring (bicyclic) bond motifs is 9. The second-order valence-corrected chi connectivity index (χ2v) is 15.1. The average molecular weight is 673 g/mol. The lowest BCUT2D eigenvalue weighted by Crippen LogP contribution is -2.61. The molecule has 0 radical (unpaired) electrons. The minimum atomic E-state index is -0.306. The van der Waals surface area contributed by atoms with Crippen molar-refractivity contribution in [2.75, 3.05) is 9.80 Å². The van der Waals surface area contributed by atoms with Crippen LogP contribution in [0.3, 0.4) is 0 Å². The Kier molecular flexibility index (Phi) is 6.23. The SMILES string of the molecule is CCC(C)(C)c1ccc2sc3c4c(ccc3c2c1)B1c2cc3ccoc3cc2N(c2cccc(F)c2)c2cccc(c21)N4c1cccc(F)c1. The van der Waals surface area contributed by atoms with Crippen molar-refractivity contribution in [1.82, 2.24) is 0 Å². The third-order valence-corrected chi connectivity index (χ3v) is 12.2. The van der Waals surface area contributed by atoms with E-state index in [1.54, 1.807) is 41.9 Å². The summed E-state index contributed by atoms with van der Waals surface area (Å²) in [6, 6.07) is 37.7. The van der Waals surface area contributed by atoms with Crippen molar-refractivity contribution >= 4 is 99.7 Å². The van der Waals surface area contributed by atoms with Crippen LogP contribution in [-0.2, 0) is 5.41 Å². The second-order valence-electron chi connectivity index (χ2n) is 14.1. The van der Waals surface area contributed by atoms with Crippen molar-refractivity contribution in [1.29, 1.82) is 0 Å². The minimum absolute atomic E-state index is 0.0529. The molecule has 0 fully saturated rings. The topological polar surface area (TPSA) is 19.6 Å². The molecule has 2 aromatic heterocycles. The molecule has 0 saturated heterocycles. The highest BCUT2D eigenvalue weighted by atomic mass is 32.1. The molecule has 242 valence electrons. The summed E-state index contributed by atoms with van der Waals surface area (Å²) in [4.78, 5) is 4.38. The molecule has 0 spiro atoms. The Hall–Kier alpha value is -5.40. The molecule has 6 aromatic carbocycles. The van der Waals surface area contributed by atoms with Crippen LogP contribution in [-0.4, -0.2) is 6.71 Å². The Bertz CT molecular complexity index is 2690. The summed E-state index contributed by atoms with van der Waals surface area (Å²) in [6.45, 7) is 6.71. The fourth-order valence-electron chi connectivity index (χ4n) is 8.10. The number of benzene rings is 6. The van der Waals surface area contributed by atoms with Crippen molar-refractivity contribution in [2.24, 2.45) is 0 Å². The Morgan fingerprint density at radius 3 is 2.16 bits per heavy atom. The van der Waals surface area contributed by atoms with Gasteiger partial charge in [0.2, 0.25) is 0 Å². The number of rotatable bonds is 4. The third kappa shape index (κ3) is 4.13. The molecule has 0 atom stereocenters. The van der Waals surface area contributed by atoms with Crippen molar-refractivity contribution in [3.63, 3.8) is 0 Å². The van der Waals surface area contributed by atoms with E-state index in [4.69, 9.17) is 4.42 Å². The van der Waals surface area contributed by atoms with E-state index in [0.29, 0.717) is 0 Å². The fourth-order valence-corrected chi connectivity index (χ4v) is 9.33. The number of nitrogens with zero attached hydrogens (tertiary/aromatic N) is 2. The van der Waals surface area contributed by atoms with Crippen molar-refractivity contribution < 1.29 is 13.2 Å². The second kappa shape index (κ2) is 10.6. The van der Waals surface area contributed by atoms with Crippen molar-refractivity contribution in [2.45, 2.75) is 32.6 Å². The first-order valence-electron chi connectivity index (χ1n) is 17.1. The molecule has 8 aromatic rings. The lowest BCUT2D eigenvalue weighted by Gasteiger charge is -2.44. The smallest absolute Gasteiger partial charge is 0.252 e. The molecule has 0 unspecified atom stereocenters. The predicted octanol–water partition coefficient (Wildman–Crippen LogP) is 10.8. The van der Waals surface area contributed by atoms with E-state index in [9.17, 15) is 4.39 Å². The Labute approximate surface area is 293 Å². The molecule has 2 aliphatic rings. The summed E-state index contributed by atoms with van der Waals surface area (Å²) in [5.74, 6) is -0.598. The van der Waals surface area contributed by atoms with Gasteiger partial charge in [-0.05, 0) is 101 Å². The first-order valence-corrected chi connectivity index (χ1v) is 17.9. The van der Waals surface area contributed by atoms with Gasteiger partial charge in [0.25, 0.3) is 6.71 Å². The van der Waals surface area contributed by atoms with Crippen molar-refractivity contribution in [3.8, 4) is 0 Å². The van der Waals surface area contributed by atoms with E-state index in [2.05, 4.69) is 91.2 Å². The summed E-state index contributed by atoms with van der Waals surface area (Å²) in [7, 11) is 0. The van der Waals surface area contributed by atoms with E-state index >= 15 is 4.39 Å². The van der Waals surface area contributed by atoms with Gasteiger partial charge in [-0.15, -0.1) is 11.3 Å². The quantitative estimate of drug-likeness (QED) is 0.174. The zero-order chi connectivity index (χ0) is 33.9. The van der Waals surface area contributed by atoms with Crippen LogP contribution in [0.5, 0.6) is 0 Å². The minimum Gasteiger partial charge on any atom is -0.464 e. The van der Waals surface area contributed by atoms with Gasteiger partial charge in [-0.3, -0.25) is 0 Å². The summed E-state index contributed by atoms with van der Waals surface area (Å²) in [6.07, 6.45) is 2.76. The van der Waals surface area contributed by atoms with Crippen LogP contribution in [0.1, 0.15) is 32.8 Å². The van der Waals surface area contributed by atoms with Crippen LogP contribution in [0.15, 0.2) is 126 Å². The number of hydrogen-bond acceptors (Lipinski definition) is 4. The predicted molar refractivity (Wildman–Crippen MR) is 206 cm³/mol. The highest BCUT2D eigenvalue weighted by Gasteiger charge is 2.44. The molecule has 0 amide bonds. The molecule has 7 heteroatoms. The largest absolute Gasteiger partial charge is 0.464 e. The van der Waals surface area contributed by atoms with Crippen LogP contribution in [0, 0.1) is 11.6 Å². The van der Waals surface area contributed by atoms with Gasteiger partial charge in [-0.2, -0.15) is 0 Å². The maximum atomic E-state index is 15.1. The van der Waals surface area contributed by atoms with Gasteiger partial charge in [-0.1, -0.05) is 63.2 Å². The van der Waals surface area contributed by atoms with E-state index < -0.39 is 0 Å². The summed E-state index contributed by atoms with van der Waals surface area (Å²) < 4.78 is 38.4. The van der Waals surface area contributed by atoms with Gasteiger partial charge in [0.05, 0.1) is 16.7 Å². The van der Waals surface area contributed by atoms with Crippen molar-refractivity contribution in [3.05, 3.63) is 139 Å². The molecule has 3 nitrogen and oxygen atoms in total.